The maximum Gasteiger partial charge on any atom is 0.244 e. The normalized spacial score (nSPS) is 17.7. The third-order valence-corrected chi connectivity index (χ3v) is 4.98. The summed E-state index contributed by atoms with van der Waals surface area (Å²) in [6, 6.07) is 8.22. The number of likely N-dealkylation sites (N-methyl/N-ethyl adjacent to an activating group) is 1. The van der Waals surface area contributed by atoms with E-state index in [0.29, 0.717) is 6.54 Å². The molecule has 0 aromatic heterocycles. The Hall–Kier alpha value is -1.90. The first-order chi connectivity index (χ1) is 10.9. The standard InChI is InChI=1S/C18H26N4O/c1-14-6-5-7-15(2)16(14)20-17(23)18(21(3)4)8-11-22(12-9-18)13-10-19/h5-7H,8-9,11-13H2,1-4H3,(H,20,23). The zero-order valence-electron chi connectivity index (χ0n) is 14.5. The number of hydrogen-bond donors (Lipinski definition) is 1. The maximum absolute atomic E-state index is 13.1. The van der Waals surface area contributed by atoms with Gasteiger partial charge in [0, 0.05) is 18.8 Å². The summed E-state index contributed by atoms with van der Waals surface area (Å²) in [5.74, 6) is 0.0523. The summed E-state index contributed by atoms with van der Waals surface area (Å²) in [7, 11) is 3.93. The van der Waals surface area contributed by atoms with Crippen molar-refractivity contribution in [3.63, 3.8) is 0 Å². The lowest BCUT2D eigenvalue weighted by Gasteiger charge is -2.44. The van der Waals surface area contributed by atoms with Crippen LogP contribution in [0.25, 0.3) is 0 Å². The van der Waals surface area contributed by atoms with Crippen LogP contribution >= 0.6 is 0 Å². The Labute approximate surface area is 138 Å². The second-order valence-corrected chi connectivity index (χ2v) is 6.58. The van der Waals surface area contributed by atoms with Gasteiger partial charge in [0.1, 0.15) is 5.54 Å². The minimum absolute atomic E-state index is 0.0523. The number of nitrogens with zero attached hydrogens (tertiary/aromatic N) is 3. The van der Waals surface area contributed by atoms with Gasteiger partial charge in [0.2, 0.25) is 5.91 Å². The number of hydrogen-bond acceptors (Lipinski definition) is 4. The van der Waals surface area contributed by atoms with Gasteiger partial charge in [0.05, 0.1) is 12.6 Å². The number of benzene rings is 1. The van der Waals surface area contributed by atoms with E-state index in [-0.39, 0.29) is 5.91 Å². The van der Waals surface area contributed by atoms with E-state index in [1.54, 1.807) is 0 Å². The van der Waals surface area contributed by atoms with Crippen LogP contribution in [-0.2, 0) is 4.79 Å². The van der Waals surface area contributed by atoms with E-state index in [1.165, 1.54) is 0 Å². The first-order valence-electron chi connectivity index (χ1n) is 8.05. The van der Waals surface area contributed by atoms with Crippen LogP contribution < -0.4 is 5.32 Å². The monoisotopic (exact) mass is 314 g/mol. The molecule has 0 spiro atoms. The molecule has 1 aromatic carbocycles. The third-order valence-electron chi connectivity index (χ3n) is 4.98. The predicted molar refractivity (Wildman–Crippen MR) is 92.3 cm³/mol. The number of amides is 1. The van der Waals surface area contributed by atoms with Crippen LogP contribution in [0.1, 0.15) is 24.0 Å². The summed E-state index contributed by atoms with van der Waals surface area (Å²) in [4.78, 5) is 17.2. The Morgan fingerprint density at radius 1 is 1.30 bits per heavy atom. The molecular formula is C18H26N4O. The van der Waals surface area contributed by atoms with Crippen molar-refractivity contribution in [2.45, 2.75) is 32.2 Å². The molecule has 0 aliphatic carbocycles. The van der Waals surface area contributed by atoms with Gasteiger partial charge < -0.3 is 5.32 Å². The molecule has 1 saturated heterocycles. The van der Waals surface area contributed by atoms with Crippen molar-refractivity contribution in [1.29, 1.82) is 5.26 Å². The van der Waals surface area contributed by atoms with Crippen molar-refractivity contribution < 1.29 is 4.79 Å². The smallest absolute Gasteiger partial charge is 0.244 e. The van der Waals surface area contributed by atoms with Gasteiger partial charge in [-0.1, -0.05) is 18.2 Å². The number of para-hydroxylation sites is 1. The van der Waals surface area contributed by atoms with Crippen LogP contribution in [0.4, 0.5) is 5.69 Å². The fraction of sp³-hybridized carbons (Fsp3) is 0.556. The molecule has 1 N–H and O–H groups in total. The molecule has 2 rings (SSSR count). The van der Waals surface area contributed by atoms with Crippen molar-refractivity contribution in [2.24, 2.45) is 0 Å². The van der Waals surface area contributed by atoms with Crippen molar-refractivity contribution in [1.82, 2.24) is 9.80 Å². The largest absolute Gasteiger partial charge is 0.324 e. The van der Waals surface area contributed by atoms with E-state index in [9.17, 15) is 4.79 Å². The summed E-state index contributed by atoms with van der Waals surface area (Å²) in [5.41, 5.74) is 2.56. The Morgan fingerprint density at radius 2 is 1.87 bits per heavy atom. The number of carbonyl (C=O) groups is 1. The zero-order valence-corrected chi connectivity index (χ0v) is 14.5. The number of carbonyl (C=O) groups excluding carboxylic acids is 1. The number of piperidine rings is 1. The van der Waals surface area contributed by atoms with Crippen LogP contribution in [0, 0.1) is 25.2 Å². The molecule has 0 unspecified atom stereocenters. The SMILES string of the molecule is Cc1cccc(C)c1NC(=O)C1(N(C)C)CCN(CC#N)CC1. The molecule has 0 saturated carbocycles. The average molecular weight is 314 g/mol. The number of likely N-dealkylation sites (tertiary alicyclic amines) is 1. The van der Waals surface area contributed by atoms with E-state index in [2.05, 4.69) is 16.3 Å². The molecular weight excluding hydrogens is 288 g/mol. The summed E-state index contributed by atoms with van der Waals surface area (Å²) in [5, 5.41) is 12.0. The number of rotatable bonds is 4. The second kappa shape index (κ2) is 7.12. The molecule has 5 nitrogen and oxygen atoms in total. The highest BCUT2D eigenvalue weighted by Crippen LogP contribution is 2.30. The minimum atomic E-state index is -0.513. The van der Waals surface area contributed by atoms with Gasteiger partial charge in [-0.2, -0.15) is 5.26 Å². The quantitative estimate of drug-likeness (QED) is 0.865. The van der Waals surface area contributed by atoms with Gasteiger partial charge in [0.25, 0.3) is 0 Å². The summed E-state index contributed by atoms with van der Waals surface area (Å²) in [6.45, 7) is 6.00. The van der Waals surface area contributed by atoms with Gasteiger partial charge in [-0.25, -0.2) is 0 Å². The predicted octanol–water partition coefficient (Wildman–Crippen LogP) is 2.16. The van der Waals surface area contributed by atoms with Crippen molar-refractivity contribution in [2.75, 3.05) is 39.0 Å². The topological polar surface area (TPSA) is 59.4 Å². The van der Waals surface area contributed by atoms with Crippen molar-refractivity contribution >= 4 is 11.6 Å². The van der Waals surface area contributed by atoms with Gasteiger partial charge >= 0.3 is 0 Å². The minimum Gasteiger partial charge on any atom is -0.324 e. The van der Waals surface area contributed by atoms with Crippen molar-refractivity contribution in [3.05, 3.63) is 29.3 Å². The highest BCUT2D eigenvalue weighted by atomic mass is 16.2. The average Bonchev–Trinajstić information content (AvgIpc) is 2.52. The molecule has 124 valence electrons. The van der Waals surface area contributed by atoms with Gasteiger partial charge in [-0.15, -0.1) is 0 Å². The molecule has 0 bridgehead atoms. The molecule has 1 amide bonds. The molecule has 1 aliphatic rings. The molecule has 23 heavy (non-hydrogen) atoms. The van der Waals surface area contributed by atoms with Crippen LogP contribution in [0.15, 0.2) is 18.2 Å². The molecule has 1 heterocycles. The number of nitrogens with one attached hydrogen (secondary N) is 1. The highest BCUT2D eigenvalue weighted by molar-refractivity contribution is 5.99. The van der Waals surface area contributed by atoms with Gasteiger partial charge in [-0.3, -0.25) is 14.6 Å². The molecule has 1 aromatic rings. The van der Waals surface area contributed by atoms with E-state index in [1.807, 2.05) is 51.0 Å². The zero-order chi connectivity index (χ0) is 17.0. The maximum atomic E-state index is 13.1. The fourth-order valence-electron chi connectivity index (χ4n) is 3.30. The number of nitriles is 1. The van der Waals surface area contributed by atoms with Crippen LogP contribution in [0.2, 0.25) is 0 Å². The second-order valence-electron chi connectivity index (χ2n) is 6.58. The van der Waals surface area contributed by atoms with E-state index < -0.39 is 5.54 Å². The molecule has 5 heteroatoms. The van der Waals surface area contributed by atoms with E-state index >= 15 is 0 Å². The number of anilines is 1. The summed E-state index contributed by atoms with van der Waals surface area (Å²) < 4.78 is 0. The number of aryl methyl sites for hydroxylation is 2. The Kier molecular flexibility index (Phi) is 5.40. The van der Waals surface area contributed by atoms with Crippen LogP contribution in [-0.4, -0.2) is 55.0 Å². The van der Waals surface area contributed by atoms with Gasteiger partial charge in [0.15, 0.2) is 0 Å². The van der Waals surface area contributed by atoms with Gasteiger partial charge in [-0.05, 0) is 51.9 Å². The molecule has 1 fully saturated rings. The fourth-order valence-corrected chi connectivity index (χ4v) is 3.30. The first kappa shape index (κ1) is 17.5. The lowest BCUT2D eigenvalue weighted by molar-refractivity contribution is -0.129. The lowest BCUT2D eigenvalue weighted by Crippen LogP contribution is -2.59. The summed E-state index contributed by atoms with van der Waals surface area (Å²) >= 11 is 0. The molecule has 1 aliphatic heterocycles. The first-order valence-corrected chi connectivity index (χ1v) is 8.05. The van der Waals surface area contributed by atoms with Crippen molar-refractivity contribution in [3.8, 4) is 6.07 Å². The summed E-state index contributed by atoms with van der Waals surface area (Å²) in [6.07, 6.45) is 1.47. The van der Waals surface area contributed by atoms with E-state index in [4.69, 9.17) is 5.26 Å². The van der Waals surface area contributed by atoms with E-state index in [0.717, 1.165) is 42.7 Å². The van der Waals surface area contributed by atoms with Crippen LogP contribution in [0.3, 0.4) is 0 Å². The Balaban J connectivity index is 2.19. The Bertz CT molecular complexity index is 590. The molecule has 0 atom stereocenters. The Morgan fingerprint density at radius 3 is 2.35 bits per heavy atom. The lowest BCUT2D eigenvalue weighted by atomic mass is 9.85. The highest BCUT2D eigenvalue weighted by Gasteiger charge is 2.43. The molecule has 0 radical (unpaired) electrons. The van der Waals surface area contributed by atoms with Crippen LogP contribution in [0.5, 0.6) is 0 Å². The third kappa shape index (κ3) is 3.54.